The number of halogens is 1. The van der Waals surface area contributed by atoms with Gasteiger partial charge in [-0.25, -0.2) is 4.39 Å². The van der Waals surface area contributed by atoms with E-state index in [9.17, 15) is 18.8 Å². The molecule has 1 saturated heterocycles. The number of amides is 3. The van der Waals surface area contributed by atoms with Crippen molar-refractivity contribution in [1.29, 1.82) is 0 Å². The van der Waals surface area contributed by atoms with Gasteiger partial charge in [-0.3, -0.25) is 19.3 Å². The largest absolute Gasteiger partial charge is 0.322 e. The number of anilines is 2. The van der Waals surface area contributed by atoms with Crippen LogP contribution in [0.1, 0.15) is 36.5 Å². The zero-order valence-electron chi connectivity index (χ0n) is 15.4. The van der Waals surface area contributed by atoms with Gasteiger partial charge in [-0.2, -0.15) is 0 Å². The van der Waals surface area contributed by atoms with Gasteiger partial charge < -0.3 is 10.2 Å². The molecule has 2 heterocycles. The van der Waals surface area contributed by atoms with E-state index in [0.717, 1.165) is 0 Å². The van der Waals surface area contributed by atoms with E-state index in [1.807, 2.05) is 6.92 Å². The van der Waals surface area contributed by atoms with Crippen LogP contribution in [0, 0.1) is 5.82 Å². The SMILES string of the molecule is CCCN1C(=O)c2ccccc2N2C(=O)CC[C@@]12C(=O)Nc1ccc(F)cc1. The third-order valence-corrected chi connectivity index (χ3v) is 5.29. The molecule has 6 nitrogen and oxygen atoms in total. The van der Waals surface area contributed by atoms with Crippen molar-refractivity contribution in [2.75, 3.05) is 16.8 Å². The molecule has 0 spiro atoms. The maximum Gasteiger partial charge on any atom is 0.271 e. The van der Waals surface area contributed by atoms with E-state index in [2.05, 4.69) is 5.32 Å². The van der Waals surface area contributed by atoms with Gasteiger partial charge in [-0.15, -0.1) is 0 Å². The number of carbonyl (C=O) groups is 3. The molecule has 0 bridgehead atoms. The van der Waals surface area contributed by atoms with Crippen LogP contribution in [-0.2, 0) is 9.59 Å². The van der Waals surface area contributed by atoms with E-state index >= 15 is 0 Å². The Balaban J connectivity index is 1.83. The van der Waals surface area contributed by atoms with Crippen molar-refractivity contribution in [1.82, 2.24) is 4.90 Å². The van der Waals surface area contributed by atoms with Crippen LogP contribution < -0.4 is 10.2 Å². The first-order valence-corrected chi connectivity index (χ1v) is 9.30. The second-order valence-corrected chi connectivity index (χ2v) is 6.98. The fraction of sp³-hybridized carbons (Fsp3) is 0.286. The van der Waals surface area contributed by atoms with Crippen LogP contribution in [0.2, 0.25) is 0 Å². The maximum atomic E-state index is 13.4. The highest BCUT2D eigenvalue weighted by atomic mass is 19.1. The molecule has 2 aromatic rings. The van der Waals surface area contributed by atoms with Crippen molar-refractivity contribution < 1.29 is 18.8 Å². The number of hydrogen-bond donors (Lipinski definition) is 1. The number of nitrogens with zero attached hydrogens (tertiary/aromatic N) is 2. The second kappa shape index (κ2) is 6.74. The lowest BCUT2D eigenvalue weighted by molar-refractivity contribution is -0.128. The fourth-order valence-corrected chi connectivity index (χ4v) is 4.08. The summed E-state index contributed by atoms with van der Waals surface area (Å²) in [6, 6.07) is 12.3. The van der Waals surface area contributed by atoms with Gasteiger partial charge in [0.25, 0.3) is 11.8 Å². The number of para-hydroxylation sites is 1. The van der Waals surface area contributed by atoms with Gasteiger partial charge in [-0.1, -0.05) is 19.1 Å². The minimum absolute atomic E-state index is 0.165. The standard InChI is InChI=1S/C21H20FN3O3/c1-2-13-24-19(27)16-5-3-4-6-17(16)25-18(26)11-12-21(24,25)20(28)23-15-9-7-14(22)8-10-15/h3-10H,2,11-13H2,1H3,(H,23,28)/t21-/m1/s1. The summed E-state index contributed by atoms with van der Waals surface area (Å²) in [7, 11) is 0. The molecule has 0 aliphatic carbocycles. The molecule has 1 atom stereocenters. The van der Waals surface area contributed by atoms with Gasteiger partial charge in [0, 0.05) is 25.1 Å². The molecule has 1 fully saturated rings. The summed E-state index contributed by atoms with van der Waals surface area (Å²) in [4.78, 5) is 42.4. The van der Waals surface area contributed by atoms with Crippen molar-refractivity contribution in [3.63, 3.8) is 0 Å². The molecule has 7 heteroatoms. The predicted octanol–water partition coefficient (Wildman–Crippen LogP) is 3.15. The van der Waals surface area contributed by atoms with Crippen molar-refractivity contribution in [3.8, 4) is 0 Å². The van der Waals surface area contributed by atoms with E-state index in [0.29, 0.717) is 29.9 Å². The first-order chi connectivity index (χ1) is 13.5. The molecule has 4 rings (SSSR count). The van der Waals surface area contributed by atoms with Gasteiger partial charge in [0.15, 0.2) is 0 Å². The van der Waals surface area contributed by atoms with Gasteiger partial charge in [-0.05, 0) is 42.8 Å². The summed E-state index contributed by atoms with van der Waals surface area (Å²) in [5, 5.41) is 2.77. The highest BCUT2D eigenvalue weighted by molar-refractivity contribution is 6.18. The summed E-state index contributed by atoms with van der Waals surface area (Å²) >= 11 is 0. The summed E-state index contributed by atoms with van der Waals surface area (Å²) in [5.41, 5.74) is -0.150. The van der Waals surface area contributed by atoms with E-state index in [1.54, 1.807) is 24.3 Å². The van der Waals surface area contributed by atoms with E-state index in [-0.39, 0.29) is 24.7 Å². The average Bonchev–Trinajstić information content (AvgIpc) is 3.05. The molecular weight excluding hydrogens is 361 g/mol. The van der Waals surface area contributed by atoms with Gasteiger partial charge in [0.05, 0.1) is 11.3 Å². The molecule has 1 N–H and O–H groups in total. The summed E-state index contributed by atoms with van der Waals surface area (Å²) in [6.45, 7) is 2.26. The van der Waals surface area contributed by atoms with Gasteiger partial charge >= 0.3 is 0 Å². The number of fused-ring (bicyclic) bond motifs is 3. The molecule has 2 aromatic carbocycles. The quantitative estimate of drug-likeness (QED) is 0.885. The Bertz CT molecular complexity index is 960. The zero-order chi connectivity index (χ0) is 19.9. The van der Waals surface area contributed by atoms with Crippen molar-refractivity contribution in [2.45, 2.75) is 31.8 Å². The highest BCUT2D eigenvalue weighted by Crippen LogP contribution is 2.45. The minimum Gasteiger partial charge on any atom is -0.322 e. The number of nitrogens with one attached hydrogen (secondary N) is 1. The molecule has 2 aliphatic rings. The number of hydrogen-bond acceptors (Lipinski definition) is 3. The van der Waals surface area contributed by atoms with Crippen LogP contribution >= 0.6 is 0 Å². The van der Waals surface area contributed by atoms with Crippen molar-refractivity contribution >= 4 is 29.1 Å². The minimum atomic E-state index is -1.42. The molecule has 2 aliphatic heterocycles. The lowest BCUT2D eigenvalue weighted by Crippen LogP contribution is -2.69. The highest BCUT2D eigenvalue weighted by Gasteiger charge is 2.60. The topological polar surface area (TPSA) is 69.7 Å². The van der Waals surface area contributed by atoms with Crippen LogP contribution in [0.4, 0.5) is 15.8 Å². The number of carbonyl (C=O) groups excluding carboxylic acids is 3. The normalized spacial score (nSPS) is 20.8. The van der Waals surface area contributed by atoms with Crippen LogP contribution in [0.5, 0.6) is 0 Å². The number of benzene rings is 2. The maximum absolute atomic E-state index is 13.4. The third-order valence-electron chi connectivity index (χ3n) is 5.29. The van der Waals surface area contributed by atoms with Crippen molar-refractivity contribution in [2.24, 2.45) is 0 Å². The Labute approximate surface area is 161 Å². The Morgan fingerprint density at radius 3 is 2.57 bits per heavy atom. The van der Waals surface area contributed by atoms with E-state index < -0.39 is 17.4 Å². The molecule has 0 aromatic heterocycles. The average molecular weight is 381 g/mol. The first kappa shape index (κ1) is 18.2. The molecule has 3 amide bonds. The van der Waals surface area contributed by atoms with E-state index in [4.69, 9.17) is 0 Å². The van der Waals surface area contributed by atoms with Crippen LogP contribution in [0.3, 0.4) is 0 Å². The first-order valence-electron chi connectivity index (χ1n) is 9.30. The van der Waals surface area contributed by atoms with E-state index in [1.165, 1.54) is 34.1 Å². The van der Waals surface area contributed by atoms with Crippen molar-refractivity contribution in [3.05, 3.63) is 59.9 Å². The van der Waals surface area contributed by atoms with Crippen LogP contribution in [0.15, 0.2) is 48.5 Å². The predicted molar refractivity (Wildman–Crippen MR) is 102 cm³/mol. The third kappa shape index (κ3) is 2.58. The zero-order valence-corrected chi connectivity index (χ0v) is 15.4. The Hall–Kier alpha value is -3.22. The lowest BCUT2D eigenvalue weighted by atomic mass is 9.95. The molecule has 0 unspecified atom stereocenters. The lowest BCUT2D eigenvalue weighted by Gasteiger charge is -2.49. The Kier molecular flexibility index (Phi) is 4.37. The molecule has 0 saturated carbocycles. The smallest absolute Gasteiger partial charge is 0.271 e. The molecular formula is C21H20FN3O3. The summed E-state index contributed by atoms with van der Waals surface area (Å²) in [6.07, 6.45) is 1.01. The molecule has 144 valence electrons. The van der Waals surface area contributed by atoms with Gasteiger partial charge in [0.1, 0.15) is 5.82 Å². The summed E-state index contributed by atoms with van der Waals surface area (Å²) in [5.74, 6) is -1.35. The molecule has 28 heavy (non-hydrogen) atoms. The second-order valence-electron chi connectivity index (χ2n) is 6.98. The number of rotatable bonds is 4. The van der Waals surface area contributed by atoms with Gasteiger partial charge in [0.2, 0.25) is 11.6 Å². The van der Waals surface area contributed by atoms with Crippen LogP contribution in [-0.4, -0.2) is 34.8 Å². The molecule has 0 radical (unpaired) electrons. The monoisotopic (exact) mass is 381 g/mol. The van der Waals surface area contributed by atoms with Crippen LogP contribution in [0.25, 0.3) is 0 Å². The summed E-state index contributed by atoms with van der Waals surface area (Å²) < 4.78 is 13.2. The Morgan fingerprint density at radius 1 is 1.14 bits per heavy atom. The fourth-order valence-electron chi connectivity index (χ4n) is 4.08. The Morgan fingerprint density at radius 2 is 1.86 bits per heavy atom.